The Hall–Kier alpha value is -1.46. The predicted octanol–water partition coefficient (Wildman–Crippen LogP) is 0.899. The maximum atomic E-state index is 11.7. The Morgan fingerprint density at radius 3 is 3.05 bits per heavy atom. The molecule has 2 N–H and O–H groups in total. The van der Waals surface area contributed by atoms with Crippen LogP contribution in [0.5, 0.6) is 0 Å². The van der Waals surface area contributed by atoms with Crippen molar-refractivity contribution in [2.75, 3.05) is 26.2 Å². The largest absolute Gasteiger partial charge is 0.378 e. The highest BCUT2D eigenvalue weighted by Crippen LogP contribution is 2.07. The molecule has 5 heteroatoms. The van der Waals surface area contributed by atoms with Gasteiger partial charge in [-0.1, -0.05) is 6.07 Å². The first kappa shape index (κ1) is 14.9. The molecule has 0 unspecified atom stereocenters. The molecule has 0 spiro atoms. The fraction of sp³-hybridized carbons (Fsp3) is 0.600. The number of rotatable bonds is 7. The fourth-order valence-electron chi connectivity index (χ4n) is 2.26. The molecule has 0 bridgehead atoms. The number of aromatic nitrogens is 1. The zero-order valence-electron chi connectivity index (χ0n) is 11.8. The van der Waals surface area contributed by atoms with Crippen LogP contribution in [-0.4, -0.2) is 43.2 Å². The van der Waals surface area contributed by atoms with Crippen molar-refractivity contribution in [1.82, 2.24) is 15.6 Å². The van der Waals surface area contributed by atoms with Gasteiger partial charge in [0.05, 0.1) is 12.5 Å². The lowest BCUT2D eigenvalue weighted by Crippen LogP contribution is -2.33. The summed E-state index contributed by atoms with van der Waals surface area (Å²) in [6, 6.07) is 3.75. The number of carbonyl (C=O) groups is 1. The van der Waals surface area contributed by atoms with Gasteiger partial charge in [-0.2, -0.15) is 0 Å². The highest BCUT2D eigenvalue weighted by molar-refractivity contribution is 5.78. The van der Waals surface area contributed by atoms with E-state index in [1.807, 2.05) is 12.1 Å². The highest BCUT2D eigenvalue weighted by atomic mass is 16.5. The van der Waals surface area contributed by atoms with Crippen molar-refractivity contribution < 1.29 is 9.53 Å². The number of carbonyl (C=O) groups excluding carboxylic acids is 1. The van der Waals surface area contributed by atoms with Crippen molar-refractivity contribution in [3.63, 3.8) is 0 Å². The summed E-state index contributed by atoms with van der Waals surface area (Å²) in [5.74, 6) is 0.0415. The average Bonchev–Trinajstić information content (AvgIpc) is 2.49. The number of hydrogen-bond acceptors (Lipinski definition) is 4. The summed E-state index contributed by atoms with van der Waals surface area (Å²) in [6.45, 7) is 3.49. The van der Waals surface area contributed by atoms with Crippen LogP contribution in [0.2, 0.25) is 0 Å². The van der Waals surface area contributed by atoms with Gasteiger partial charge in [0.1, 0.15) is 0 Å². The Morgan fingerprint density at radius 1 is 1.45 bits per heavy atom. The molecule has 0 radical (unpaired) electrons. The molecule has 0 atom stereocenters. The minimum atomic E-state index is 0.0415. The van der Waals surface area contributed by atoms with Crippen LogP contribution in [0.3, 0.4) is 0 Å². The van der Waals surface area contributed by atoms with Gasteiger partial charge in [0.15, 0.2) is 0 Å². The maximum Gasteiger partial charge on any atom is 0.224 e. The van der Waals surface area contributed by atoms with Gasteiger partial charge in [-0.3, -0.25) is 9.78 Å². The number of hydrogen-bond donors (Lipinski definition) is 2. The molecule has 0 saturated carbocycles. The molecule has 1 amide bonds. The van der Waals surface area contributed by atoms with E-state index >= 15 is 0 Å². The number of amides is 1. The molecule has 1 saturated heterocycles. The molecule has 0 aliphatic carbocycles. The lowest BCUT2D eigenvalue weighted by molar-refractivity contribution is -0.120. The molecular formula is C15H23N3O2. The third-order valence-electron chi connectivity index (χ3n) is 3.37. The molecule has 1 aromatic heterocycles. The molecule has 2 heterocycles. The summed E-state index contributed by atoms with van der Waals surface area (Å²) in [5, 5.41) is 6.22. The van der Waals surface area contributed by atoms with Crippen LogP contribution in [0.1, 0.15) is 24.8 Å². The second-order valence-electron chi connectivity index (χ2n) is 5.06. The zero-order chi connectivity index (χ0) is 14.0. The smallest absolute Gasteiger partial charge is 0.224 e. The Balaban J connectivity index is 1.51. The van der Waals surface area contributed by atoms with Crippen LogP contribution in [0, 0.1) is 0 Å². The third kappa shape index (κ3) is 5.67. The Morgan fingerprint density at radius 2 is 2.30 bits per heavy atom. The minimum absolute atomic E-state index is 0.0415. The van der Waals surface area contributed by atoms with E-state index in [1.54, 1.807) is 12.4 Å². The molecule has 5 nitrogen and oxygen atoms in total. The van der Waals surface area contributed by atoms with Crippen LogP contribution < -0.4 is 10.6 Å². The lowest BCUT2D eigenvalue weighted by Gasteiger charge is -2.22. The first-order valence-electron chi connectivity index (χ1n) is 7.32. The first-order valence-corrected chi connectivity index (χ1v) is 7.32. The van der Waals surface area contributed by atoms with Gasteiger partial charge in [0, 0.05) is 25.5 Å². The predicted molar refractivity (Wildman–Crippen MR) is 77.4 cm³/mol. The summed E-state index contributed by atoms with van der Waals surface area (Å²) in [5.41, 5.74) is 0.941. The highest BCUT2D eigenvalue weighted by Gasteiger charge is 2.12. The van der Waals surface area contributed by atoms with Crippen molar-refractivity contribution in [3.8, 4) is 0 Å². The Labute approximate surface area is 120 Å². The van der Waals surface area contributed by atoms with E-state index in [-0.39, 0.29) is 5.91 Å². The van der Waals surface area contributed by atoms with Crippen molar-refractivity contribution in [2.24, 2.45) is 0 Å². The van der Waals surface area contributed by atoms with Gasteiger partial charge in [0.2, 0.25) is 5.91 Å². The minimum Gasteiger partial charge on any atom is -0.378 e. The Kier molecular flexibility index (Phi) is 6.47. The molecule has 20 heavy (non-hydrogen) atoms. The van der Waals surface area contributed by atoms with E-state index in [0.717, 1.165) is 44.5 Å². The van der Waals surface area contributed by atoms with E-state index in [9.17, 15) is 4.79 Å². The number of piperidine rings is 1. The van der Waals surface area contributed by atoms with Crippen LogP contribution in [0.25, 0.3) is 0 Å². The van der Waals surface area contributed by atoms with Crippen molar-refractivity contribution in [3.05, 3.63) is 30.1 Å². The van der Waals surface area contributed by atoms with E-state index < -0.39 is 0 Å². The summed E-state index contributed by atoms with van der Waals surface area (Å²) in [6.07, 6.45) is 7.26. The van der Waals surface area contributed by atoms with Crippen LogP contribution in [0.4, 0.5) is 0 Å². The number of nitrogens with zero attached hydrogens (tertiary/aromatic N) is 1. The monoisotopic (exact) mass is 277 g/mol. The Bertz CT molecular complexity index is 391. The van der Waals surface area contributed by atoms with E-state index in [2.05, 4.69) is 15.6 Å². The van der Waals surface area contributed by atoms with Gasteiger partial charge in [-0.15, -0.1) is 0 Å². The van der Waals surface area contributed by atoms with Crippen molar-refractivity contribution >= 4 is 5.91 Å². The van der Waals surface area contributed by atoms with Gasteiger partial charge < -0.3 is 15.4 Å². The maximum absolute atomic E-state index is 11.7. The summed E-state index contributed by atoms with van der Waals surface area (Å²) in [4.78, 5) is 15.7. The SMILES string of the molecule is O=C(Cc1cccnc1)NCCCOC1CCNCC1. The van der Waals surface area contributed by atoms with Gasteiger partial charge in [-0.05, 0) is 44.0 Å². The number of pyridine rings is 1. The second-order valence-corrected chi connectivity index (χ2v) is 5.06. The summed E-state index contributed by atoms with van der Waals surface area (Å²) >= 11 is 0. The molecular weight excluding hydrogens is 254 g/mol. The third-order valence-corrected chi connectivity index (χ3v) is 3.37. The van der Waals surface area contributed by atoms with Crippen molar-refractivity contribution in [2.45, 2.75) is 31.8 Å². The van der Waals surface area contributed by atoms with E-state index in [1.165, 1.54) is 0 Å². The van der Waals surface area contributed by atoms with Crippen LogP contribution in [0.15, 0.2) is 24.5 Å². The molecule has 0 aromatic carbocycles. The van der Waals surface area contributed by atoms with E-state index in [0.29, 0.717) is 19.1 Å². The van der Waals surface area contributed by atoms with Gasteiger partial charge in [0.25, 0.3) is 0 Å². The number of nitrogens with one attached hydrogen (secondary N) is 2. The summed E-state index contributed by atoms with van der Waals surface area (Å²) in [7, 11) is 0. The normalized spacial score (nSPS) is 16.0. The van der Waals surface area contributed by atoms with E-state index in [4.69, 9.17) is 4.74 Å². The van der Waals surface area contributed by atoms with Crippen molar-refractivity contribution in [1.29, 1.82) is 0 Å². The molecule has 1 aromatic rings. The molecule has 1 aliphatic heterocycles. The second kappa shape index (κ2) is 8.66. The van der Waals surface area contributed by atoms with Crippen LogP contribution in [-0.2, 0) is 16.0 Å². The standard InChI is InChI=1S/C15H23N3O2/c19-15(11-13-3-1-6-17-12-13)18-7-2-10-20-14-4-8-16-9-5-14/h1,3,6,12,14,16H,2,4-5,7-11H2,(H,18,19). The topological polar surface area (TPSA) is 63.2 Å². The summed E-state index contributed by atoms with van der Waals surface area (Å²) < 4.78 is 5.78. The molecule has 110 valence electrons. The first-order chi connectivity index (χ1) is 9.84. The molecule has 1 aliphatic rings. The number of ether oxygens (including phenoxy) is 1. The average molecular weight is 277 g/mol. The fourth-order valence-corrected chi connectivity index (χ4v) is 2.26. The van der Waals surface area contributed by atoms with Crippen LogP contribution >= 0.6 is 0 Å². The molecule has 1 fully saturated rings. The molecule has 2 rings (SSSR count). The zero-order valence-corrected chi connectivity index (χ0v) is 11.8. The van der Waals surface area contributed by atoms with Gasteiger partial charge >= 0.3 is 0 Å². The quantitative estimate of drug-likeness (QED) is 0.727. The lowest BCUT2D eigenvalue weighted by atomic mass is 10.1. The van der Waals surface area contributed by atoms with Gasteiger partial charge in [-0.25, -0.2) is 0 Å².